The lowest BCUT2D eigenvalue weighted by atomic mass is 9.98. The second-order valence-electron chi connectivity index (χ2n) is 6.12. The van der Waals surface area contributed by atoms with Crippen molar-refractivity contribution in [2.45, 2.75) is 70.3 Å². The summed E-state index contributed by atoms with van der Waals surface area (Å²) in [5.41, 5.74) is 0. The maximum atomic E-state index is 10.5. The van der Waals surface area contributed by atoms with Gasteiger partial charge in [0.2, 0.25) is 0 Å². The molecule has 2 aliphatic rings. The van der Waals surface area contributed by atoms with Crippen LogP contribution in [0.5, 0.6) is 0 Å². The Kier molecular flexibility index (Phi) is 3.71. The second kappa shape index (κ2) is 4.65. The number of hydrogen-bond acceptors (Lipinski definition) is 6. The van der Waals surface area contributed by atoms with Crippen LogP contribution in [0.4, 0.5) is 0 Å². The van der Waals surface area contributed by atoms with Crippen LogP contribution < -0.4 is 0 Å². The summed E-state index contributed by atoms with van der Waals surface area (Å²) in [7, 11) is 1.54. The summed E-state index contributed by atoms with van der Waals surface area (Å²) in [6.45, 7) is 9.14. The lowest BCUT2D eigenvalue weighted by Gasteiger charge is -2.45. The van der Waals surface area contributed by atoms with Gasteiger partial charge in [-0.1, -0.05) is 0 Å². The van der Waals surface area contributed by atoms with E-state index in [-0.39, 0.29) is 6.10 Å². The lowest BCUT2D eigenvalue weighted by Crippen LogP contribution is -2.61. The third-order valence-corrected chi connectivity index (χ3v) is 3.54. The zero-order chi connectivity index (χ0) is 14.5. The fourth-order valence-corrected chi connectivity index (χ4v) is 2.51. The summed E-state index contributed by atoms with van der Waals surface area (Å²) in [6, 6.07) is 0. The Morgan fingerprint density at radius 1 is 1.21 bits per heavy atom. The number of aliphatic hydroxyl groups excluding tert-OH is 1. The molecule has 0 radical (unpaired) electrons. The number of aliphatic hydroxyl groups is 1. The summed E-state index contributed by atoms with van der Waals surface area (Å²) in [6.07, 6.45) is -1.71. The van der Waals surface area contributed by atoms with Gasteiger partial charge in [-0.15, -0.1) is 0 Å². The van der Waals surface area contributed by atoms with Crippen LogP contribution >= 0.6 is 0 Å². The number of hydrogen-bond donors (Lipinski definition) is 1. The van der Waals surface area contributed by atoms with Gasteiger partial charge in [0.05, 0.1) is 6.61 Å². The van der Waals surface area contributed by atoms with Crippen molar-refractivity contribution in [1.29, 1.82) is 0 Å². The molecular weight excluding hydrogens is 252 g/mol. The van der Waals surface area contributed by atoms with Gasteiger partial charge >= 0.3 is 0 Å². The van der Waals surface area contributed by atoms with Crippen molar-refractivity contribution < 1.29 is 28.8 Å². The summed E-state index contributed by atoms with van der Waals surface area (Å²) in [5, 5.41) is 10.5. The summed E-state index contributed by atoms with van der Waals surface area (Å²) < 4.78 is 28.1. The molecule has 2 fully saturated rings. The monoisotopic (exact) mass is 276 g/mol. The van der Waals surface area contributed by atoms with E-state index in [2.05, 4.69) is 0 Å². The molecule has 2 aliphatic heterocycles. The predicted octanol–water partition coefficient (Wildman–Crippen LogP) is 1.01. The van der Waals surface area contributed by atoms with Gasteiger partial charge in [-0.25, -0.2) is 0 Å². The van der Waals surface area contributed by atoms with Crippen molar-refractivity contribution in [3.8, 4) is 0 Å². The first-order valence-electron chi connectivity index (χ1n) is 6.51. The molecule has 2 saturated heterocycles. The fraction of sp³-hybridized carbons (Fsp3) is 1.00. The van der Waals surface area contributed by atoms with E-state index < -0.39 is 29.6 Å². The Balaban J connectivity index is 2.13. The zero-order valence-corrected chi connectivity index (χ0v) is 12.4. The molecule has 0 bridgehead atoms. The van der Waals surface area contributed by atoms with Gasteiger partial charge in [0.1, 0.15) is 18.3 Å². The van der Waals surface area contributed by atoms with Gasteiger partial charge in [-0.3, -0.25) is 0 Å². The molecule has 1 unspecified atom stereocenters. The topological polar surface area (TPSA) is 66.4 Å². The molecule has 4 atom stereocenters. The van der Waals surface area contributed by atoms with E-state index in [0.29, 0.717) is 6.61 Å². The van der Waals surface area contributed by atoms with Crippen LogP contribution in [0.15, 0.2) is 0 Å². The van der Waals surface area contributed by atoms with Crippen LogP contribution in [0.2, 0.25) is 0 Å². The summed E-state index contributed by atoms with van der Waals surface area (Å²) in [4.78, 5) is 0. The Labute approximate surface area is 113 Å². The molecule has 0 aromatic carbocycles. The first kappa shape index (κ1) is 15.2. The van der Waals surface area contributed by atoms with Gasteiger partial charge in [0, 0.05) is 7.11 Å². The van der Waals surface area contributed by atoms with E-state index in [9.17, 15) is 5.11 Å². The van der Waals surface area contributed by atoms with Gasteiger partial charge < -0.3 is 28.8 Å². The van der Waals surface area contributed by atoms with Crippen molar-refractivity contribution >= 4 is 0 Å². The zero-order valence-electron chi connectivity index (χ0n) is 12.4. The van der Waals surface area contributed by atoms with E-state index in [0.717, 1.165) is 0 Å². The van der Waals surface area contributed by atoms with Gasteiger partial charge in [-0.05, 0) is 34.6 Å². The van der Waals surface area contributed by atoms with Crippen molar-refractivity contribution in [3.05, 3.63) is 0 Å². The molecular formula is C13H24O6. The van der Waals surface area contributed by atoms with Gasteiger partial charge in [0.15, 0.2) is 17.4 Å². The smallest absolute Gasteiger partial charge is 0.197 e. The normalized spacial score (nSPS) is 42.2. The minimum atomic E-state index is -1.19. The highest BCUT2D eigenvalue weighted by molar-refractivity contribution is 4.97. The molecule has 6 heteroatoms. The van der Waals surface area contributed by atoms with E-state index in [1.165, 1.54) is 0 Å². The molecule has 112 valence electrons. The summed E-state index contributed by atoms with van der Waals surface area (Å²) in [5.74, 6) is -2.77. The molecule has 0 aromatic rings. The Bertz CT molecular complexity index is 342. The Hall–Kier alpha value is -0.240. The van der Waals surface area contributed by atoms with Crippen LogP contribution in [0, 0.1) is 0 Å². The van der Waals surface area contributed by atoms with E-state index >= 15 is 0 Å². The van der Waals surface area contributed by atoms with Crippen molar-refractivity contribution in [2.75, 3.05) is 13.7 Å². The predicted molar refractivity (Wildman–Crippen MR) is 66.4 cm³/mol. The maximum Gasteiger partial charge on any atom is 0.197 e. The SMILES string of the molecule is COC(C)(C)O[C@]1(C)OC[C@H]2OC(C)(C)O[C@H]2C1O. The van der Waals surface area contributed by atoms with Gasteiger partial charge in [-0.2, -0.15) is 0 Å². The third-order valence-electron chi connectivity index (χ3n) is 3.54. The van der Waals surface area contributed by atoms with Crippen LogP contribution in [-0.2, 0) is 23.7 Å². The number of fused-ring (bicyclic) bond motifs is 1. The molecule has 2 rings (SSSR count). The molecule has 6 nitrogen and oxygen atoms in total. The highest BCUT2D eigenvalue weighted by Crippen LogP contribution is 2.40. The fourth-order valence-electron chi connectivity index (χ4n) is 2.51. The van der Waals surface area contributed by atoms with Crippen LogP contribution in [0.25, 0.3) is 0 Å². The average molecular weight is 276 g/mol. The minimum absolute atomic E-state index is 0.285. The number of ether oxygens (including phenoxy) is 5. The van der Waals surface area contributed by atoms with Gasteiger partial charge in [0.25, 0.3) is 0 Å². The van der Waals surface area contributed by atoms with Crippen LogP contribution in [-0.4, -0.2) is 54.5 Å². The molecule has 1 N–H and O–H groups in total. The van der Waals surface area contributed by atoms with Crippen LogP contribution in [0.3, 0.4) is 0 Å². The van der Waals surface area contributed by atoms with Crippen molar-refractivity contribution in [3.63, 3.8) is 0 Å². The van der Waals surface area contributed by atoms with E-state index in [4.69, 9.17) is 23.7 Å². The second-order valence-corrected chi connectivity index (χ2v) is 6.12. The summed E-state index contributed by atoms with van der Waals surface area (Å²) >= 11 is 0. The quantitative estimate of drug-likeness (QED) is 0.776. The molecule has 19 heavy (non-hydrogen) atoms. The highest BCUT2D eigenvalue weighted by atomic mass is 16.8. The Morgan fingerprint density at radius 3 is 2.42 bits per heavy atom. The number of rotatable bonds is 3. The minimum Gasteiger partial charge on any atom is -0.385 e. The van der Waals surface area contributed by atoms with Crippen molar-refractivity contribution in [2.24, 2.45) is 0 Å². The molecule has 2 heterocycles. The van der Waals surface area contributed by atoms with Crippen molar-refractivity contribution in [1.82, 2.24) is 0 Å². The first-order chi connectivity index (χ1) is 8.59. The molecule has 0 aromatic heterocycles. The third kappa shape index (κ3) is 2.94. The lowest BCUT2D eigenvalue weighted by molar-refractivity contribution is -0.384. The molecule has 0 amide bonds. The first-order valence-corrected chi connectivity index (χ1v) is 6.51. The molecule has 0 spiro atoms. The van der Waals surface area contributed by atoms with E-state index in [1.54, 1.807) is 27.9 Å². The van der Waals surface area contributed by atoms with E-state index in [1.807, 2.05) is 13.8 Å². The molecule has 0 saturated carbocycles. The highest BCUT2D eigenvalue weighted by Gasteiger charge is 2.57. The maximum absolute atomic E-state index is 10.5. The number of methoxy groups -OCH3 is 1. The molecule has 0 aliphatic carbocycles. The standard InChI is InChI=1S/C13H24O6/c1-11(2,15-6)19-13(5)10(14)9-8(7-16-13)17-12(3,4)18-9/h8-10,14H,7H2,1-6H3/t8-,9-,10?,13+/m1/s1. The largest absolute Gasteiger partial charge is 0.385 e. The van der Waals surface area contributed by atoms with Crippen LogP contribution in [0.1, 0.15) is 34.6 Å². The average Bonchev–Trinajstić information content (AvgIpc) is 2.60. The Morgan fingerprint density at radius 2 is 1.84 bits per heavy atom.